The van der Waals surface area contributed by atoms with E-state index in [-0.39, 0.29) is 12.5 Å². The van der Waals surface area contributed by atoms with E-state index in [2.05, 4.69) is 36.5 Å². The van der Waals surface area contributed by atoms with Crippen molar-refractivity contribution < 1.29 is 9.90 Å². The van der Waals surface area contributed by atoms with Crippen molar-refractivity contribution in [3.8, 4) is 0 Å². The smallest absolute Gasteiger partial charge is 0.304 e. The molecular weight excluding hydrogens is 214 g/mol. The number of hydrogen-bond acceptors (Lipinski definition) is 2. The number of aliphatic carboxylic acids is 1. The topological polar surface area (TPSA) is 49.3 Å². The second-order valence-corrected chi connectivity index (χ2v) is 4.81. The van der Waals surface area contributed by atoms with Gasteiger partial charge in [-0.05, 0) is 18.4 Å². The second kappa shape index (κ2) is 6.40. The van der Waals surface area contributed by atoms with Crippen molar-refractivity contribution in [2.45, 2.75) is 39.8 Å². The fraction of sp³-hybridized carbons (Fsp3) is 0.500. The minimum Gasteiger partial charge on any atom is -0.481 e. The number of carboxylic acids is 1. The Balaban J connectivity index is 2.51. The molecular formula is C14H21NO2. The van der Waals surface area contributed by atoms with Crippen LogP contribution in [0, 0.1) is 12.8 Å². The van der Waals surface area contributed by atoms with Crippen LogP contribution < -0.4 is 5.32 Å². The largest absolute Gasteiger partial charge is 0.481 e. The number of nitrogens with one attached hydrogen (secondary N) is 1. The summed E-state index contributed by atoms with van der Waals surface area (Å²) in [5.74, 6) is -0.434. The first-order valence-electron chi connectivity index (χ1n) is 5.99. The van der Waals surface area contributed by atoms with Gasteiger partial charge in [-0.2, -0.15) is 0 Å². The summed E-state index contributed by atoms with van der Waals surface area (Å²) in [6.45, 7) is 6.85. The van der Waals surface area contributed by atoms with Gasteiger partial charge in [-0.1, -0.05) is 43.7 Å². The fourth-order valence-corrected chi connectivity index (χ4v) is 1.69. The number of aryl methyl sites for hydroxylation is 1. The third-order valence-corrected chi connectivity index (χ3v) is 2.89. The lowest BCUT2D eigenvalue weighted by Gasteiger charge is -2.20. The Morgan fingerprint density at radius 1 is 1.29 bits per heavy atom. The SMILES string of the molecule is Cc1ccc(CNC(CC(=O)O)C(C)C)cc1. The molecule has 94 valence electrons. The second-order valence-electron chi connectivity index (χ2n) is 4.81. The lowest BCUT2D eigenvalue weighted by atomic mass is 10.0. The summed E-state index contributed by atoms with van der Waals surface area (Å²) in [7, 11) is 0. The van der Waals surface area contributed by atoms with Crippen molar-refractivity contribution in [2.24, 2.45) is 5.92 Å². The van der Waals surface area contributed by atoms with E-state index in [1.165, 1.54) is 11.1 Å². The van der Waals surface area contributed by atoms with Crippen LogP contribution in [0.25, 0.3) is 0 Å². The van der Waals surface area contributed by atoms with Gasteiger partial charge in [-0.15, -0.1) is 0 Å². The van der Waals surface area contributed by atoms with Crippen molar-refractivity contribution in [1.29, 1.82) is 0 Å². The van der Waals surface area contributed by atoms with Crippen molar-refractivity contribution >= 4 is 5.97 Å². The molecule has 17 heavy (non-hydrogen) atoms. The van der Waals surface area contributed by atoms with Gasteiger partial charge in [0.05, 0.1) is 6.42 Å². The first kappa shape index (κ1) is 13.7. The Morgan fingerprint density at radius 3 is 2.35 bits per heavy atom. The number of rotatable bonds is 6. The van der Waals surface area contributed by atoms with Crippen LogP contribution in [0.2, 0.25) is 0 Å². The molecule has 0 fully saturated rings. The molecule has 0 aliphatic carbocycles. The normalized spacial score (nSPS) is 12.7. The summed E-state index contributed by atoms with van der Waals surface area (Å²) in [6, 6.07) is 8.30. The van der Waals surface area contributed by atoms with Crippen molar-refractivity contribution in [1.82, 2.24) is 5.32 Å². The first-order valence-corrected chi connectivity index (χ1v) is 5.99. The highest BCUT2D eigenvalue weighted by molar-refractivity contribution is 5.67. The quantitative estimate of drug-likeness (QED) is 0.796. The fourth-order valence-electron chi connectivity index (χ4n) is 1.69. The maximum atomic E-state index is 10.7. The van der Waals surface area contributed by atoms with E-state index in [1.54, 1.807) is 0 Å². The lowest BCUT2D eigenvalue weighted by molar-refractivity contribution is -0.137. The Bertz CT molecular complexity index is 357. The maximum absolute atomic E-state index is 10.7. The molecule has 0 heterocycles. The molecule has 3 nitrogen and oxygen atoms in total. The predicted octanol–water partition coefficient (Wildman–Crippen LogP) is 2.58. The van der Waals surface area contributed by atoms with E-state index in [0.29, 0.717) is 5.92 Å². The van der Waals surface area contributed by atoms with Crippen LogP contribution in [0.15, 0.2) is 24.3 Å². The van der Waals surface area contributed by atoms with E-state index in [9.17, 15) is 4.79 Å². The minimum atomic E-state index is -0.750. The van der Waals surface area contributed by atoms with Gasteiger partial charge in [0.1, 0.15) is 0 Å². The van der Waals surface area contributed by atoms with Gasteiger partial charge >= 0.3 is 5.97 Å². The van der Waals surface area contributed by atoms with Gasteiger partial charge in [0.25, 0.3) is 0 Å². The van der Waals surface area contributed by atoms with Gasteiger partial charge in [-0.25, -0.2) is 0 Å². The summed E-state index contributed by atoms with van der Waals surface area (Å²) >= 11 is 0. The standard InChI is InChI=1S/C14H21NO2/c1-10(2)13(8-14(16)17)15-9-12-6-4-11(3)5-7-12/h4-7,10,13,15H,8-9H2,1-3H3,(H,16,17). The van der Waals surface area contributed by atoms with E-state index >= 15 is 0 Å². The van der Waals surface area contributed by atoms with Crippen LogP contribution in [0.1, 0.15) is 31.4 Å². The molecule has 1 aromatic rings. The average Bonchev–Trinajstić information content (AvgIpc) is 2.25. The molecule has 0 bridgehead atoms. The molecule has 0 aromatic heterocycles. The van der Waals surface area contributed by atoms with Crippen LogP contribution in [0.3, 0.4) is 0 Å². The van der Waals surface area contributed by atoms with Crippen LogP contribution in [-0.2, 0) is 11.3 Å². The highest BCUT2D eigenvalue weighted by atomic mass is 16.4. The lowest BCUT2D eigenvalue weighted by Crippen LogP contribution is -2.35. The van der Waals surface area contributed by atoms with Gasteiger partial charge in [0, 0.05) is 12.6 Å². The Kier molecular flexibility index (Phi) is 5.16. The summed E-state index contributed by atoms with van der Waals surface area (Å²) in [4.78, 5) is 10.7. The molecule has 3 heteroatoms. The summed E-state index contributed by atoms with van der Waals surface area (Å²) < 4.78 is 0. The van der Waals surface area contributed by atoms with Crippen molar-refractivity contribution in [3.63, 3.8) is 0 Å². The average molecular weight is 235 g/mol. The Hall–Kier alpha value is -1.35. The van der Waals surface area contributed by atoms with Gasteiger partial charge in [-0.3, -0.25) is 4.79 Å². The number of hydrogen-bond donors (Lipinski definition) is 2. The molecule has 1 atom stereocenters. The van der Waals surface area contributed by atoms with Crippen LogP contribution in [0.4, 0.5) is 0 Å². The Morgan fingerprint density at radius 2 is 1.88 bits per heavy atom. The highest BCUT2D eigenvalue weighted by Crippen LogP contribution is 2.09. The van der Waals surface area contributed by atoms with E-state index < -0.39 is 5.97 Å². The molecule has 1 aromatic carbocycles. The molecule has 0 aliphatic heterocycles. The summed E-state index contributed by atoms with van der Waals surface area (Å²) in [5.41, 5.74) is 2.42. The molecule has 0 aliphatic rings. The third-order valence-electron chi connectivity index (χ3n) is 2.89. The zero-order chi connectivity index (χ0) is 12.8. The summed E-state index contributed by atoms with van der Waals surface area (Å²) in [6.07, 6.45) is 0.170. The predicted molar refractivity (Wildman–Crippen MR) is 68.9 cm³/mol. The Labute approximate surface area is 103 Å². The van der Waals surface area contributed by atoms with Crippen LogP contribution in [0.5, 0.6) is 0 Å². The summed E-state index contributed by atoms with van der Waals surface area (Å²) in [5, 5.41) is 12.1. The van der Waals surface area contributed by atoms with Crippen LogP contribution in [-0.4, -0.2) is 17.1 Å². The number of carboxylic acid groups (broad SMARTS) is 1. The first-order chi connectivity index (χ1) is 7.99. The van der Waals surface area contributed by atoms with E-state index in [4.69, 9.17) is 5.11 Å². The van der Waals surface area contributed by atoms with Crippen molar-refractivity contribution in [3.05, 3.63) is 35.4 Å². The maximum Gasteiger partial charge on any atom is 0.304 e. The monoisotopic (exact) mass is 235 g/mol. The molecule has 0 saturated carbocycles. The number of benzene rings is 1. The molecule has 0 spiro atoms. The van der Waals surface area contributed by atoms with Crippen LogP contribution >= 0.6 is 0 Å². The highest BCUT2D eigenvalue weighted by Gasteiger charge is 2.16. The third kappa shape index (κ3) is 5.00. The molecule has 0 amide bonds. The van der Waals surface area contributed by atoms with Gasteiger partial charge < -0.3 is 10.4 Å². The molecule has 1 rings (SSSR count). The zero-order valence-electron chi connectivity index (χ0n) is 10.7. The van der Waals surface area contributed by atoms with Gasteiger partial charge in [0.15, 0.2) is 0 Å². The molecule has 0 saturated heterocycles. The zero-order valence-corrected chi connectivity index (χ0v) is 10.7. The van der Waals surface area contributed by atoms with Crippen molar-refractivity contribution in [2.75, 3.05) is 0 Å². The number of carbonyl (C=O) groups is 1. The van der Waals surface area contributed by atoms with E-state index in [0.717, 1.165) is 6.54 Å². The van der Waals surface area contributed by atoms with Gasteiger partial charge in [0.2, 0.25) is 0 Å². The minimum absolute atomic E-state index is 0.0220. The molecule has 1 unspecified atom stereocenters. The molecule has 0 radical (unpaired) electrons. The molecule has 2 N–H and O–H groups in total. The van der Waals surface area contributed by atoms with E-state index in [1.807, 2.05) is 13.8 Å².